The molecule has 1 saturated heterocycles. The fourth-order valence-electron chi connectivity index (χ4n) is 2.83. The molecular weight excluding hydrogens is 314 g/mol. The highest BCUT2D eigenvalue weighted by atomic mass is 32.1. The molecular formula is C16H21N3O3S. The molecule has 1 aliphatic heterocycles. The van der Waals surface area contributed by atoms with E-state index in [2.05, 4.69) is 10.1 Å². The van der Waals surface area contributed by atoms with Crippen molar-refractivity contribution >= 4 is 17.2 Å². The van der Waals surface area contributed by atoms with E-state index in [0.29, 0.717) is 24.2 Å². The maximum atomic E-state index is 12.1. The Kier molecular flexibility index (Phi) is 5.40. The molecule has 23 heavy (non-hydrogen) atoms. The first kappa shape index (κ1) is 16.1. The van der Waals surface area contributed by atoms with Crippen molar-refractivity contribution in [1.29, 1.82) is 0 Å². The molecule has 0 aromatic carbocycles. The summed E-state index contributed by atoms with van der Waals surface area (Å²) in [6.45, 7) is 4.18. The quantitative estimate of drug-likeness (QED) is 0.812. The van der Waals surface area contributed by atoms with Crippen molar-refractivity contribution in [1.82, 2.24) is 15.0 Å². The molecule has 1 fully saturated rings. The standard InChI is InChI=1S/C16H21N3O3S/c1-2-21-10-15(20)19-6-3-4-12(9-19)8-14-17-16(18-22-14)13-5-7-23-11-13/h5,7,11-12H,2-4,6,8-10H2,1H3/t12-/m1/s1. The molecule has 0 spiro atoms. The monoisotopic (exact) mass is 335 g/mol. The van der Waals surface area contributed by atoms with Gasteiger partial charge in [0.05, 0.1) is 0 Å². The molecule has 1 atom stereocenters. The normalized spacial score (nSPS) is 18.3. The molecule has 3 rings (SSSR count). The van der Waals surface area contributed by atoms with Crippen LogP contribution in [0.4, 0.5) is 0 Å². The van der Waals surface area contributed by atoms with Crippen LogP contribution in [0.25, 0.3) is 11.4 Å². The summed E-state index contributed by atoms with van der Waals surface area (Å²) in [4.78, 5) is 18.4. The van der Waals surface area contributed by atoms with E-state index < -0.39 is 0 Å². The van der Waals surface area contributed by atoms with Gasteiger partial charge < -0.3 is 14.2 Å². The summed E-state index contributed by atoms with van der Waals surface area (Å²) < 4.78 is 10.6. The largest absolute Gasteiger partial charge is 0.372 e. The van der Waals surface area contributed by atoms with Gasteiger partial charge in [0.1, 0.15) is 6.61 Å². The summed E-state index contributed by atoms with van der Waals surface area (Å²) in [6.07, 6.45) is 2.80. The molecule has 1 aliphatic rings. The number of carbonyl (C=O) groups excluding carboxylic acids is 1. The number of hydrogen-bond donors (Lipinski definition) is 0. The smallest absolute Gasteiger partial charge is 0.248 e. The third-order valence-corrected chi connectivity index (χ3v) is 4.70. The molecule has 0 saturated carbocycles. The molecule has 124 valence electrons. The number of thiophene rings is 1. The number of nitrogens with zero attached hydrogens (tertiary/aromatic N) is 3. The van der Waals surface area contributed by atoms with Crippen LogP contribution in [0.3, 0.4) is 0 Å². The van der Waals surface area contributed by atoms with Crippen LogP contribution in [-0.4, -0.2) is 47.3 Å². The molecule has 0 unspecified atom stereocenters. The maximum absolute atomic E-state index is 12.1. The van der Waals surface area contributed by atoms with Gasteiger partial charge in [0, 0.05) is 37.1 Å². The van der Waals surface area contributed by atoms with Crippen molar-refractivity contribution in [3.8, 4) is 11.4 Å². The summed E-state index contributed by atoms with van der Waals surface area (Å²) in [6, 6.07) is 1.98. The van der Waals surface area contributed by atoms with Gasteiger partial charge in [0.15, 0.2) is 0 Å². The Morgan fingerprint density at radius 1 is 1.57 bits per heavy atom. The van der Waals surface area contributed by atoms with Crippen LogP contribution >= 0.6 is 11.3 Å². The zero-order valence-electron chi connectivity index (χ0n) is 13.2. The highest BCUT2D eigenvalue weighted by molar-refractivity contribution is 7.08. The molecule has 2 aromatic heterocycles. The first-order chi connectivity index (χ1) is 11.3. The Labute approximate surface area is 139 Å². The lowest BCUT2D eigenvalue weighted by Gasteiger charge is -2.32. The molecule has 1 amide bonds. The lowest BCUT2D eigenvalue weighted by molar-refractivity contribution is -0.137. The summed E-state index contributed by atoms with van der Waals surface area (Å²) in [5, 5.41) is 8.04. The van der Waals surface area contributed by atoms with Gasteiger partial charge in [0.2, 0.25) is 17.6 Å². The second kappa shape index (κ2) is 7.70. The number of piperidine rings is 1. The molecule has 0 bridgehead atoms. The van der Waals surface area contributed by atoms with Gasteiger partial charge in [0.25, 0.3) is 0 Å². The maximum Gasteiger partial charge on any atom is 0.248 e. The van der Waals surface area contributed by atoms with Crippen molar-refractivity contribution < 1.29 is 14.1 Å². The van der Waals surface area contributed by atoms with Crippen LogP contribution in [-0.2, 0) is 16.0 Å². The average molecular weight is 335 g/mol. The lowest BCUT2D eigenvalue weighted by atomic mass is 9.95. The van der Waals surface area contributed by atoms with E-state index in [1.807, 2.05) is 28.7 Å². The first-order valence-corrected chi connectivity index (χ1v) is 8.91. The predicted octanol–water partition coefficient (Wildman–Crippen LogP) is 2.62. The third-order valence-electron chi connectivity index (χ3n) is 4.01. The van der Waals surface area contributed by atoms with Crippen LogP contribution in [0.15, 0.2) is 21.3 Å². The molecule has 0 radical (unpaired) electrons. The number of carbonyl (C=O) groups is 1. The third kappa shape index (κ3) is 4.17. The highest BCUT2D eigenvalue weighted by Gasteiger charge is 2.25. The predicted molar refractivity (Wildman–Crippen MR) is 87.1 cm³/mol. The van der Waals surface area contributed by atoms with Gasteiger partial charge in [-0.05, 0) is 37.1 Å². The van der Waals surface area contributed by atoms with Gasteiger partial charge in [-0.2, -0.15) is 16.3 Å². The highest BCUT2D eigenvalue weighted by Crippen LogP contribution is 2.23. The fourth-order valence-corrected chi connectivity index (χ4v) is 3.47. The Bertz CT molecular complexity index is 626. The Morgan fingerprint density at radius 3 is 3.26 bits per heavy atom. The topological polar surface area (TPSA) is 68.5 Å². The van der Waals surface area contributed by atoms with Crippen molar-refractivity contribution in [3.63, 3.8) is 0 Å². The summed E-state index contributed by atoms with van der Waals surface area (Å²) in [5.41, 5.74) is 0.988. The number of likely N-dealkylation sites (tertiary alicyclic amines) is 1. The SMILES string of the molecule is CCOCC(=O)N1CCC[C@H](Cc2nc(-c3ccsc3)no2)C1. The Hall–Kier alpha value is -1.73. The molecule has 2 aromatic rings. The molecule has 3 heterocycles. The van der Waals surface area contributed by atoms with Gasteiger partial charge in [-0.25, -0.2) is 0 Å². The van der Waals surface area contributed by atoms with Gasteiger partial charge in [-0.15, -0.1) is 0 Å². The van der Waals surface area contributed by atoms with E-state index in [1.54, 1.807) is 11.3 Å². The number of rotatable bonds is 6. The Balaban J connectivity index is 1.56. The molecule has 0 aliphatic carbocycles. The number of aromatic nitrogens is 2. The van der Waals surface area contributed by atoms with E-state index in [1.165, 1.54) is 0 Å². The minimum atomic E-state index is 0.0704. The van der Waals surface area contributed by atoms with Crippen molar-refractivity contribution in [2.75, 3.05) is 26.3 Å². The van der Waals surface area contributed by atoms with Crippen LogP contribution in [0.1, 0.15) is 25.7 Å². The van der Waals surface area contributed by atoms with Crippen LogP contribution in [0.2, 0.25) is 0 Å². The van der Waals surface area contributed by atoms with Gasteiger partial charge >= 0.3 is 0 Å². The van der Waals surface area contributed by atoms with Gasteiger partial charge in [-0.1, -0.05) is 5.16 Å². The van der Waals surface area contributed by atoms with Crippen molar-refractivity contribution in [3.05, 3.63) is 22.7 Å². The zero-order valence-corrected chi connectivity index (χ0v) is 14.1. The minimum Gasteiger partial charge on any atom is -0.372 e. The second-order valence-electron chi connectivity index (χ2n) is 5.71. The molecule has 6 nitrogen and oxygen atoms in total. The summed E-state index contributed by atoms with van der Waals surface area (Å²) in [5.74, 6) is 1.72. The van der Waals surface area contributed by atoms with Crippen molar-refractivity contribution in [2.24, 2.45) is 5.92 Å². The van der Waals surface area contributed by atoms with Crippen LogP contribution < -0.4 is 0 Å². The second-order valence-corrected chi connectivity index (χ2v) is 6.49. The van der Waals surface area contributed by atoms with E-state index in [0.717, 1.165) is 37.9 Å². The van der Waals surface area contributed by atoms with Crippen LogP contribution in [0.5, 0.6) is 0 Å². The minimum absolute atomic E-state index is 0.0704. The number of amides is 1. The van der Waals surface area contributed by atoms with Crippen molar-refractivity contribution in [2.45, 2.75) is 26.2 Å². The van der Waals surface area contributed by atoms with E-state index in [4.69, 9.17) is 9.26 Å². The summed E-state index contributed by atoms with van der Waals surface area (Å²) >= 11 is 1.61. The summed E-state index contributed by atoms with van der Waals surface area (Å²) in [7, 11) is 0. The van der Waals surface area contributed by atoms with E-state index in [9.17, 15) is 4.79 Å². The lowest BCUT2D eigenvalue weighted by Crippen LogP contribution is -2.42. The molecule has 0 N–H and O–H groups in total. The number of hydrogen-bond acceptors (Lipinski definition) is 6. The fraction of sp³-hybridized carbons (Fsp3) is 0.562. The average Bonchev–Trinajstić information content (AvgIpc) is 3.24. The first-order valence-electron chi connectivity index (χ1n) is 7.97. The van der Waals surface area contributed by atoms with E-state index >= 15 is 0 Å². The Morgan fingerprint density at radius 2 is 2.48 bits per heavy atom. The van der Waals surface area contributed by atoms with Crippen LogP contribution in [0, 0.1) is 5.92 Å². The van der Waals surface area contributed by atoms with E-state index in [-0.39, 0.29) is 12.5 Å². The zero-order chi connectivity index (χ0) is 16.1. The molecule has 7 heteroatoms. The number of ether oxygens (including phenoxy) is 1. The van der Waals surface area contributed by atoms with Gasteiger partial charge in [-0.3, -0.25) is 4.79 Å².